The smallest absolute Gasteiger partial charge is 0.298 e. The third-order valence-electron chi connectivity index (χ3n) is 2.49. The van der Waals surface area contributed by atoms with Crippen LogP contribution < -0.4 is 0 Å². The van der Waals surface area contributed by atoms with Crippen molar-refractivity contribution in [1.29, 1.82) is 0 Å². The molecule has 0 atom stereocenters. The molecule has 5 heteroatoms. The maximum absolute atomic E-state index is 12.9. The molecule has 0 heterocycles. The Labute approximate surface area is 96.4 Å². The number of aldehydes is 1. The van der Waals surface area contributed by atoms with Gasteiger partial charge in [-0.2, -0.15) is 13.2 Å². The lowest BCUT2D eigenvalue weighted by Crippen LogP contribution is -2.16. The SMILES string of the molecule is CCc1c(C=O)ccc(C(C)=O)c1C(F)(F)F. The van der Waals surface area contributed by atoms with E-state index in [-0.39, 0.29) is 23.1 Å². The summed E-state index contributed by atoms with van der Waals surface area (Å²) in [5, 5.41) is 0. The molecule has 0 N–H and O–H groups in total. The molecule has 0 saturated heterocycles. The third kappa shape index (κ3) is 2.54. The summed E-state index contributed by atoms with van der Waals surface area (Å²) in [6.07, 6.45) is -4.21. The van der Waals surface area contributed by atoms with Gasteiger partial charge in [-0.1, -0.05) is 19.1 Å². The maximum Gasteiger partial charge on any atom is 0.417 e. The highest BCUT2D eigenvalue weighted by atomic mass is 19.4. The Balaban J connectivity index is 3.68. The van der Waals surface area contributed by atoms with Crippen LogP contribution in [0.2, 0.25) is 0 Å². The first-order chi connectivity index (χ1) is 7.82. The minimum absolute atomic E-state index is 0.0233. The first-order valence-corrected chi connectivity index (χ1v) is 5.02. The normalized spacial score (nSPS) is 11.4. The quantitative estimate of drug-likeness (QED) is 0.604. The van der Waals surface area contributed by atoms with Gasteiger partial charge in [0, 0.05) is 11.1 Å². The molecule has 1 aromatic rings. The summed E-state index contributed by atoms with van der Waals surface area (Å²) in [6.45, 7) is 2.59. The van der Waals surface area contributed by atoms with Gasteiger partial charge in [0.25, 0.3) is 0 Å². The Kier molecular flexibility index (Phi) is 3.70. The number of halogens is 3. The second-order valence-electron chi connectivity index (χ2n) is 3.58. The average molecular weight is 244 g/mol. The van der Waals surface area contributed by atoms with Gasteiger partial charge in [0.1, 0.15) is 6.29 Å². The van der Waals surface area contributed by atoms with Gasteiger partial charge in [0.15, 0.2) is 5.78 Å². The van der Waals surface area contributed by atoms with Crippen LogP contribution in [0.1, 0.15) is 45.7 Å². The summed E-state index contributed by atoms with van der Waals surface area (Å²) in [6, 6.07) is 2.30. The van der Waals surface area contributed by atoms with Gasteiger partial charge in [0.05, 0.1) is 5.56 Å². The zero-order chi connectivity index (χ0) is 13.2. The van der Waals surface area contributed by atoms with Gasteiger partial charge in [-0.15, -0.1) is 0 Å². The van der Waals surface area contributed by atoms with E-state index in [0.29, 0.717) is 6.29 Å². The van der Waals surface area contributed by atoms with E-state index < -0.39 is 17.5 Å². The molecule has 0 bridgehead atoms. The monoisotopic (exact) mass is 244 g/mol. The van der Waals surface area contributed by atoms with Crippen molar-refractivity contribution in [3.8, 4) is 0 Å². The predicted molar refractivity (Wildman–Crippen MR) is 56.2 cm³/mol. The first kappa shape index (κ1) is 13.4. The number of alkyl halides is 3. The van der Waals surface area contributed by atoms with Crippen molar-refractivity contribution < 1.29 is 22.8 Å². The van der Waals surface area contributed by atoms with Crippen LogP contribution in [-0.2, 0) is 12.6 Å². The second kappa shape index (κ2) is 4.69. The molecule has 0 aliphatic heterocycles. The Morgan fingerprint density at radius 3 is 2.29 bits per heavy atom. The lowest BCUT2D eigenvalue weighted by Gasteiger charge is -2.16. The fourth-order valence-corrected chi connectivity index (χ4v) is 1.77. The molecule has 0 radical (unpaired) electrons. The molecule has 0 spiro atoms. The third-order valence-corrected chi connectivity index (χ3v) is 2.49. The topological polar surface area (TPSA) is 34.1 Å². The lowest BCUT2D eigenvalue weighted by atomic mass is 9.92. The van der Waals surface area contributed by atoms with Gasteiger partial charge in [-0.3, -0.25) is 9.59 Å². The fraction of sp³-hybridized carbons (Fsp3) is 0.333. The van der Waals surface area contributed by atoms with Crippen LogP contribution >= 0.6 is 0 Å². The average Bonchev–Trinajstić information content (AvgIpc) is 2.25. The van der Waals surface area contributed by atoms with Crippen LogP contribution in [0.4, 0.5) is 13.2 Å². The van der Waals surface area contributed by atoms with E-state index in [9.17, 15) is 22.8 Å². The minimum atomic E-state index is -4.63. The predicted octanol–water partition coefficient (Wildman–Crippen LogP) is 3.28. The van der Waals surface area contributed by atoms with Crippen molar-refractivity contribution in [1.82, 2.24) is 0 Å². The molecule has 2 nitrogen and oxygen atoms in total. The second-order valence-corrected chi connectivity index (χ2v) is 3.58. The maximum atomic E-state index is 12.9. The zero-order valence-corrected chi connectivity index (χ0v) is 9.39. The van der Waals surface area contributed by atoms with Crippen molar-refractivity contribution in [2.45, 2.75) is 26.4 Å². The largest absolute Gasteiger partial charge is 0.417 e. The molecule has 0 aromatic heterocycles. The number of ketones is 1. The molecule has 1 rings (SSSR count). The Morgan fingerprint density at radius 2 is 1.94 bits per heavy atom. The molecule has 1 aromatic carbocycles. The number of Topliss-reactive ketones (excluding diaryl/α,β-unsaturated/α-hetero) is 1. The van der Waals surface area contributed by atoms with Crippen molar-refractivity contribution in [3.05, 3.63) is 34.4 Å². The van der Waals surface area contributed by atoms with Gasteiger partial charge in [0.2, 0.25) is 0 Å². The van der Waals surface area contributed by atoms with E-state index in [2.05, 4.69) is 0 Å². The molecule has 92 valence electrons. The Morgan fingerprint density at radius 1 is 1.35 bits per heavy atom. The van der Waals surface area contributed by atoms with E-state index in [1.54, 1.807) is 0 Å². The Bertz CT molecular complexity index is 462. The zero-order valence-electron chi connectivity index (χ0n) is 9.39. The van der Waals surface area contributed by atoms with E-state index in [0.717, 1.165) is 13.0 Å². The molecular weight excluding hydrogens is 233 g/mol. The van der Waals surface area contributed by atoms with Gasteiger partial charge >= 0.3 is 6.18 Å². The molecule has 0 saturated carbocycles. The highest BCUT2D eigenvalue weighted by Crippen LogP contribution is 2.36. The van der Waals surface area contributed by atoms with Crippen molar-refractivity contribution >= 4 is 12.1 Å². The van der Waals surface area contributed by atoms with E-state index in [1.807, 2.05) is 0 Å². The number of benzene rings is 1. The molecular formula is C12H11F3O2. The van der Waals surface area contributed by atoms with E-state index >= 15 is 0 Å². The van der Waals surface area contributed by atoms with E-state index in [4.69, 9.17) is 0 Å². The molecule has 0 amide bonds. The molecule has 0 aliphatic rings. The van der Waals surface area contributed by atoms with Crippen LogP contribution in [0, 0.1) is 0 Å². The van der Waals surface area contributed by atoms with Crippen LogP contribution in [0.3, 0.4) is 0 Å². The number of hydrogen-bond donors (Lipinski definition) is 0. The molecule has 0 fully saturated rings. The van der Waals surface area contributed by atoms with Crippen LogP contribution in [0.5, 0.6) is 0 Å². The van der Waals surface area contributed by atoms with Crippen LogP contribution in [0.15, 0.2) is 12.1 Å². The number of carbonyl (C=O) groups excluding carboxylic acids is 2. The highest BCUT2D eigenvalue weighted by molar-refractivity contribution is 5.97. The summed E-state index contributed by atoms with van der Waals surface area (Å²) in [5.74, 6) is -0.663. The Hall–Kier alpha value is -1.65. The number of carbonyl (C=O) groups is 2. The van der Waals surface area contributed by atoms with Gasteiger partial charge in [-0.25, -0.2) is 0 Å². The summed E-state index contributed by atoms with van der Waals surface area (Å²) < 4.78 is 38.7. The summed E-state index contributed by atoms with van der Waals surface area (Å²) in [7, 11) is 0. The fourth-order valence-electron chi connectivity index (χ4n) is 1.77. The lowest BCUT2D eigenvalue weighted by molar-refractivity contribution is -0.138. The summed E-state index contributed by atoms with van der Waals surface area (Å²) >= 11 is 0. The standard InChI is InChI=1S/C12H11F3O2/c1-3-9-8(6-16)4-5-10(7(2)17)11(9)12(13,14)15/h4-6H,3H2,1-2H3. The summed E-state index contributed by atoms with van der Waals surface area (Å²) in [4.78, 5) is 21.9. The van der Waals surface area contributed by atoms with E-state index in [1.165, 1.54) is 13.0 Å². The van der Waals surface area contributed by atoms with Gasteiger partial charge in [-0.05, 0) is 18.9 Å². The molecule has 0 aliphatic carbocycles. The molecule has 17 heavy (non-hydrogen) atoms. The number of hydrogen-bond acceptors (Lipinski definition) is 2. The van der Waals surface area contributed by atoms with Crippen molar-refractivity contribution in [2.75, 3.05) is 0 Å². The first-order valence-electron chi connectivity index (χ1n) is 5.02. The van der Waals surface area contributed by atoms with Gasteiger partial charge < -0.3 is 0 Å². The minimum Gasteiger partial charge on any atom is -0.298 e. The highest BCUT2D eigenvalue weighted by Gasteiger charge is 2.37. The van der Waals surface area contributed by atoms with Crippen molar-refractivity contribution in [2.24, 2.45) is 0 Å². The molecule has 0 unspecified atom stereocenters. The van der Waals surface area contributed by atoms with Crippen LogP contribution in [-0.4, -0.2) is 12.1 Å². The van der Waals surface area contributed by atoms with Crippen LogP contribution in [0.25, 0.3) is 0 Å². The summed E-state index contributed by atoms with van der Waals surface area (Å²) in [5.41, 5.74) is -1.53. The van der Waals surface area contributed by atoms with Crippen molar-refractivity contribution in [3.63, 3.8) is 0 Å². The number of rotatable bonds is 3.